The highest BCUT2D eigenvalue weighted by atomic mass is 35.5. The van der Waals surface area contributed by atoms with Crippen molar-refractivity contribution in [1.82, 2.24) is 0 Å². The molecule has 0 aliphatic heterocycles. The van der Waals surface area contributed by atoms with Crippen LogP contribution >= 0.6 is 22.9 Å². The van der Waals surface area contributed by atoms with Crippen LogP contribution in [0.2, 0.25) is 5.02 Å². The third-order valence-electron chi connectivity index (χ3n) is 3.80. The van der Waals surface area contributed by atoms with E-state index in [-0.39, 0.29) is 5.91 Å². The fourth-order valence-electron chi connectivity index (χ4n) is 2.49. The Morgan fingerprint density at radius 2 is 1.78 bits per heavy atom. The highest BCUT2D eigenvalue weighted by Gasteiger charge is 2.21. The van der Waals surface area contributed by atoms with Crippen LogP contribution < -0.4 is 5.32 Å². The first-order valence-corrected chi connectivity index (χ1v) is 9.34. The molecule has 0 saturated heterocycles. The smallest absolute Gasteiger partial charge is 0.341 e. The molecule has 0 radical (unpaired) electrons. The highest BCUT2D eigenvalue weighted by molar-refractivity contribution is 7.15. The molecule has 0 fully saturated rings. The minimum absolute atomic E-state index is 0.325. The molecule has 136 valence electrons. The molecule has 1 N–H and O–H groups in total. The van der Waals surface area contributed by atoms with Crippen LogP contribution in [0.4, 0.5) is 5.00 Å². The van der Waals surface area contributed by atoms with Gasteiger partial charge in [0.25, 0.3) is 0 Å². The molecule has 6 heteroatoms. The van der Waals surface area contributed by atoms with Crippen LogP contribution in [0.1, 0.15) is 15.9 Å². The lowest BCUT2D eigenvalue weighted by Gasteiger charge is -2.07. The summed E-state index contributed by atoms with van der Waals surface area (Å²) < 4.78 is 4.90. The number of hydrogen-bond acceptors (Lipinski definition) is 4. The number of anilines is 1. The summed E-state index contributed by atoms with van der Waals surface area (Å²) in [5.74, 6) is -0.836. The van der Waals surface area contributed by atoms with Gasteiger partial charge in [0, 0.05) is 22.0 Å². The molecule has 0 spiro atoms. The number of hydrogen-bond donors (Lipinski definition) is 1. The van der Waals surface area contributed by atoms with Gasteiger partial charge in [-0.05, 0) is 29.3 Å². The average Bonchev–Trinajstić information content (AvgIpc) is 3.10. The van der Waals surface area contributed by atoms with Crippen LogP contribution in [0, 0.1) is 0 Å². The number of thiophene rings is 1. The Morgan fingerprint density at radius 1 is 1.07 bits per heavy atom. The Labute approximate surface area is 166 Å². The van der Waals surface area contributed by atoms with Gasteiger partial charge in [-0.1, -0.05) is 54.1 Å². The van der Waals surface area contributed by atoms with Crippen LogP contribution in [0.25, 0.3) is 17.2 Å². The van der Waals surface area contributed by atoms with Crippen molar-refractivity contribution in [3.8, 4) is 11.1 Å². The third-order valence-corrected chi connectivity index (χ3v) is 4.95. The quantitative estimate of drug-likeness (QED) is 0.456. The fraction of sp³-hybridized carbons (Fsp3) is 0.0476. The van der Waals surface area contributed by atoms with Crippen molar-refractivity contribution < 1.29 is 14.3 Å². The summed E-state index contributed by atoms with van der Waals surface area (Å²) in [6.07, 6.45) is 3.14. The normalized spacial score (nSPS) is 10.7. The standard InChI is InChI=1S/C21H16ClNO3S/c1-26-21(25)19-17(15-8-10-16(22)11-9-15)13-27-20(19)23-18(24)12-7-14-5-3-2-4-6-14/h2-13H,1H3,(H,23,24). The Balaban J connectivity index is 1.87. The molecule has 0 atom stereocenters. The van der Waals surface area contributed by atoms with E-state index in [9.17, 15) is 9.59 Å². The summed E-state index contributed by atoms with van der Waals surface area (Å²) in [4.78, 5) is 24.6. The molecule has 3 aromatic rings. The molecule has 0 unspecified atom stereocenters. The molecule has 27 heavy (non-hydrogen) atoms. The molecule has 0 saturated carbocycles. The van der Waals surface area contributed by atoms with Crippen LogP contribution in [0.3, 0.4) is 0 Å². The summed E-state index contributed by atoms with van der Waals surface area (Å²) in [5, 5.41) is 5.62. The molecule has 2 aromatic carbocycles. The van der Waals surface area contributed by atoms with Crippen molar-refractivity contribution in [2.24, 2.45) is 0 Å². The number of benzene rings is 2. The second-order valence-corrected chi connectivity index (χ2v) is 6.90. The number of carbonyl (C=O) groups excluding carboxylic acids is 2. The molecule has 1 aromatic heterocycles. The second-order valence-electron chi connectivity index (χ2n) is 5.59. The summed E-state index contributed by atoms with van der Waals surface area (Å²) >= 11 is 7.20. The number of nitrogens with one attached hydrogen (secondary N) is 1. The van der Waals surface area contributed by atoms with E-state index in [0.29, 0.717) is 21.2 Å². The number of esters is 1. The number of ether oxygens (including phenoxy) is 1. The third kappa shape index (κ3) is 4.64. The SMILES string of the molecule is COC(=O)c1c(-c2ccc(Cl)cc2)csc1NC(=O)C=Cc1ccccc1. The number of methoxy groups -OCH3 is 1. The molecular weight excluding hydrogens is 382 g/mol. The van der Waals surface area contributed by atoms with Crippen molar-refractivity contribution >= 4 is 45.9 Å². The number of halogens is 1. The highest BCUT2D eigenvalue weighted by Crippen LogP contribution is 2.36. The van der Waals surface area contributed by atoms with Gasteiger partial charge >= 0.3 is 5.97 Å². The van der Waals surface area contributed by atoms with E-state index in [0.717, 1.165) is 11.1 Å². The van der Waals surface area contributed by atoms with Gasteiger partial charge in [-0.25, -0.2) is 4.79 Å². The number of rotatable bonds is 5. The van der Waals surface area contributed by atoms with E-state index < -0.39 is 5.97 Å². The van der Waals surface area contributed by atoms with Gasteiger partial charge < -0.3 is 10.1 Å². The maximum Gasteiger partial charge on any atom is 0.341 e. The molecule has 4 nitrogen and oxygen atoms in total. The first-order valence-electron chi connectivity index (χ1n) is 8.08. The molecular formula is C21H16ClNO3S. The van der Waals surface area contributed by atoms with E-state index in [1.165, 1.54) is 24.5 Å². The Kier molecular flexibility index (Phi) is 6.06. The summed E-state index contributed by atoms with van der Waals surface area (Å²) in [7, 11) is 1.31. The largest absolute Gasteiger partial charge is 0.465 e. The topological polar surface area (TPSA) is 55.4 Å². The van der Waals surface area contributed by atoms with Gasteiger partial charge in [-0.15, -0.1) is 11.3 Å². The zero-order valence-corrected chi connectivity index (χ0v) is 16.0. The van der Waals surface area contributed by atoms with Crippen LogP contribution in [-0.2, 0) is 9.53 Å². The molecule has 0 aliphatic carbocycles. The van der Waals surface area contributed by atoms with Gasteiger partial charge in [-0.3, -0.25) is 4.79 Å². The van der Waals surface area contributed by atoms with Gasteiger partial charge in [0.2, 0.25) is 5.91 Å². The Morgan fingerprint density at radius 3 is 2.44 bits per heavy atom. The van der Waals surface area contributed by atoms with Crippen LogP contribution in [0.15, 0.2) is 66.1 Å². The van der Waals surface area contributed by atoms with Crippen molar-refractivity contribution in [2.45, 2.75) is 0 Å². The average molecular weight is 398 g/mol. The van der Waals surface area contributed by atoms with Crippen LogP contribution in [0.5, 0.6) is 0 Å². The van der Waals surface area contributed by atoms with E-state index in [1.54, 1.807) is 18.2 Å². The lowest BCUT2D eigenvalue weighted by molar-refractivity contribution is -0.111. The minimum Gasteiger partial charge on any atom is -0.465 e. The van der Waals surface area contributed by atoms with Gasteiger partial charge in [0.15, 0.2) is 0 Å². The molecule has 1 heterocycles. The first-order chi connectivity index (χ1) is 13.1. The predicted molar refractivity (Wildman–Crippen MR) is 110 cm³/mol. The van der Waals surface area contributed by atoms with Crippen molar-refractivity contribution in [3.05, 3.63) is 82.2 Å². The van der Waals surface area contributed by atoms with Crippen LogP contribution in [-0.4, -0.2) is 19.0 Å². The maximum atomic E-state index is 12.3. The Hall–Kier alpha value is -2.89. The van der Waals surface area contributed by atoms with Crippen molar-refractivity contribution in [3.63, 3.8) is 0 Å². The first kappa shape index (κ1) is 18.9. The minimum atomic E-state index is -0.511. The van der Waals surface area contributed by atoms with E-state index in [2.05, 4.69) is 5.32 Å². The van der Waals surface area contributed by atoms with E-state index in [1.807, 2.05) is 47.8 Å². The predicted octanol–water partition coefficient (Wildman–Crippen LogP) is 5.51. The van der Waals surface area contributed by atoms with Crippen molar-refractivity contribution in [2.75, 3.05) is 12.4 Å². The van der Waals surface area contributed by atoms with E-state index in [4.69, 9.17) is 16.3 Å². The monoisotopic (exact) mass is 397 g/mol. The lowest BCUT2D eigenvalue weighted by atomic mass is 10.0. The number of carbonyl (C=O) groups is 2. The van der Waals surface area contributed by atoms with Gasteiger partial charge in [0.05, 0.1) is 7.11 Å². The lowest BCUT2D eigenvalue weighted by Crippen LogP contribution is -2.11. The summed E-state index contributed by atoms with van der Waals surface area (Å²) in [6.45, 7) is 0. The summed E-state index contributed by atoms with van der Waals surface area (Å²) in [5.41, 5.74) is 2.74. The Bertz CT molecular complexity index is 978. The zero-order chi connectivity index (χ0) is 19.2. The van der Waals surface area contributed by atoms with Crippen molar-refractivity contribution in [1.29, 1.82) is 0 Å². The zero-order valence-electron chi connectivity index (χ0n) is 14.4. The fourth-order valence-corrected chi connectivity index (χ4v) is 3.57. The summed E-state index contributed by atoms with van der Waals surface area (Å²) in [6, 6.07) is 16.6. The van der Waals surface area contributed by atoms with E-state index >= 15 is 0 Å². The van der Waals surface area contributed by atoms with Gasteiger partial charge in [0.1, 0.15) is 10.6 Å². The maximum absolute atomic E-state index is 12.3. The molecule has 1 amide bonds. The number of amides is 1. The molecule has 3 rings (SSSR count). The molecule has 0 aliphatic rings. The second kappa shape index (κ2) is 8.66. The molecule has 0 bridgehead atoms. The van der Waals surface area contributed by atoms with Gasteiger partial charge in [-0.2, -0.15) is 0 Å².